The number of nitrogens with zero attached hydrogens (tertiary/aromatic N) is 1. The van der Waals surface area contributed by atoms with Crippen molar-refractivity contribution in [1.29, 1.82) is 0 Å². The zero-order valence-corrected chi connectivity index (χ0v) is 17.3. The molecule has 1 amide bonds. The van der Waals surface area contributed by atoms with E-state index >= 15 is 0 Å². The van der Waals surface area contributed by atoms with Crippen molar-refractivity contribution in [2.45, 2.75) is 37.6 Å². The van der Waals surface area contributed by atoms with E-state index in [4.69, 9.17) is 14.6 Å². The third-order valence-electron chi connectivity index (χ3n) is 5.15. The fourth-order valence-corrected chi connectivity index (χ4v) is 3.49. The van der Waals surface area contributed by atoms with Crippen molar-refractivity contribution < 1.29 is 44.4 Å². The second-order valence-corrected chi connectivity index (χ2v) is 7.38. The second kappa shape index (κ2) is 9.92. The van der Waals surface area contributed by atoms with Crippen LogP contribution in [0.4, 0.5) is 10.5 Å². The maximum absolute atomic E-state index is 11.9. The van der Waals surface area contributed by atoms with E-state index in [1.807, 2.05) is 5.32 Å². The molecular weight excluding hydrogens is 440 g/mol. The Bertz CT molecular complexity index is 1030. The topological polar surface area (TPSA) is 189 Å². The molecule has 5 N–H and O–H groups in total. The Morgan fingerprint density at radius 3 is 2.48 bits per heavy atom. The Kier molecular flexibility index (Phi) is 7.23. The van der Waals surface area contributed by atoms with Gasteiger partial charge >= 0.3 is 6.09 Å². The van der Waals surface area contributed by atoms with E-state index in [9.17, 15) is 35.0 Å². The van der Waals surface area contributed by atoms with E-state index in [-0.39, 0.29) is 28.3 Å². The number of nitrogens with one attached hydrogen (secondary N) is 1. The molecule has 1 aliphatic rings. The number of nitro benzene ring substituents is 1. The minimum absolute atomic E-state index is 0.0926. The second-order valence-electron chi connectivity index (χ2n) is 7.38. The van der Waals surface area contributed by atoms with Gasteiger partial charge in [-0.25, -0.2) is 4.79 Å². The molecule has 12 heteroatoms. The molecule has 3 rings (SSSR count). The largest absolute Gasteiger partial charge is 0.465 e. The number of hydrogen-bond acceptors (Lipinski definition) is 9. The number of aliphatic hydroxyl groups excluding tert-OH is 3. The minimum atomic E-state index is -1.66. The fourth-order valence-electron chi connectivity index (χ4n) is 3.49. The molecule has 5 atom stereocenters. The summed E-state index contributed by atoms with van der Waals surface area (Å²) < 4.78 is 11.3. The SMILES string of the molecule is CC(=O)c1cc(-c2ccccc2O[C@@H]2OC(CO)[C@H](O)[C@H](O)C2NC(=O)O)cc([N+](=O)[O-])c1. The molecule has 2 aromatic carbocycles. The summed E-state index contributed by atoms with van der Waals surface area (Å²) in [6.07, 6.45) is -7.48. The number of carboxylic acid groups (broad SMARTS) is 1. The summed E-state index contributed by atoms with van der Waals surface area (Å²) in [6.45, 7) is 0.595. The number of non-ortho nitro benzene ring substituents is 1. The van der Waals surface area contributed by atoms with Gasteiger partial charge in [0.25, 0.3) is 5.69 Å². The molecule has 0 aliphatic carbocycles. The van der Waals surface area contributed by atoms with Crippen LogP contribution in [0.5, 0.6) is 5.75 Å². The van der Waals surface area contributed by atoms with Crippen molar-refractivity contribution in [3.05, 3.63) is 58.1 Å². The molecule has 33 heavy (non-hydrogen) atoms. The van der Waals surface area contributed by atoms with Crippen LogP contribution in [0.1, 0.15) is 17.3 Å². The van der Waals surface area contributed by atoms with E-state index in [1.165, 1.54) is 25.1 Å². The van der Waals surface area contributed by atoms with Gasteiger partial charge in [0.2, 0.25) is 6.29 Å². The van der Waals surface area contributed by atoms with Crippen LogP contribution in [0.3, 0.4) is 0 Å². The summed E-state index contributed by atoms with van der Waals surface area (Å²) in [7, 11) is 0. The summed E-state index contributed by atoms with van der Waals surface area (Å²) in [5.41, 5.74) is 0.392. The molecule has 0 radical (unpaired) electrons. The maximum atomic E-state index is 11.9. The van der Waals surface area contributed by atoms with Gasteiger partial charge in [0.15, 0.2) is 5.78 Å². The van der Waals surface area contributed by atoms with E-state index in [0.717, 1.165) is 6.07 Å². The molecule has 0 bridgehead atoms. The smallest absolute Gasteiger partial charge is 0.405 e. The van der Waals surface area contributed by atoms with E-state index in [1.54, 1.807) is 18.2 Å². The zero-order chi connectivity index (χ0) is 24.3. The van der Waals surface area contributed by atoms with Crippen molar-refractivity contribution >= 4 is 17.6 Å². The highest BCUT2D eigenvalue weighted by atomic mass is 16.7. The first-order valence-corrected chi connectivity index (χ1v) is 9.80. The third-order valence-corrected chi connectivity index (χ3v) is 5.15. The number of amides is 1. The van der Waals surface area contributed by atoms with Gasteiger partial charge in [-0.3, -0.25) is 14.9 Å². The normalized spacial score (nSPS) is 24.7. The minimum Gasteiger partial charge on any atom is -0.465 e. The number of carbonyl (C=O) groups is 2. The van der Waals surface area contributed by atoms with Gasteiger partial charge in [0.1, 0.15) is 30.1 Å². The molecule has 1 fully saturated rings. The Balaban J connectivity index is 2.03. The lowest BCUT2D eigenvalue weighted by molar-refractivity contribution is -0.384. The Labute approximate surface area is 187 Å². The maximum Gasteiger partial charge on any atom is 0.405 e. The average Bonchev–Trinajstić information content (AvgIpc) is 2.78. The number of ketones is 1. The Morgan fingerprint density at radius 2 is 1.88 bits per heavy atom. The van der Waals surface area contributed by atoms with Gasteiger partial charge < -0.3 is 35.2 Å². The molecule has 0 saturated carbocycles. The average molecular weight is 462 g/mol. The van der Waals surface area contributed by atoms with E-state index < -0.39 is 48.3 Å². The Morgan fingerprint density at radius 1 is 1.18 bits per heavy atom. The predicted molar refractivity (Wildman–Crippen MR) is 112 cm³/mol. The Hall–Kier alpha value is -3.58. The number of aliphatic hydroxyl groups is 3. The van der Waals surface area contributed by atoms with Crippen molar-refractivity contribution in [2.24, 2.45) is 0 Å². The van der Waals surface area contributed by atoms with Gasteiger partial charge in [-0.05, 0) is 24.6 Å². The lowest BCUT2D eigenvalue weighted by atomic mass is 9.96. The van der Waals surface area contributed by atoms with Crippen LogP contribution in [0.2, 0.25) is 0 Å². The number of benzene rings is 2. The molecule has 1 aliphatic heterocycles. The lowest BCUT2D eigenvalue weighted by Crippen LogP contribution is -2.65. The van der Waals surface area contributed by atoms with Gasteiger partial charge in [0.05, 0.1) is 11.5 Å². The van der Waals surface area contributed by atoms with Gasteiger partial charge in [-0.1, -0.05) is 18.2 Å². The highest BCUT2D eigenvalue weighted by molar-refractivity contribution is 5.96. The van der Waals surface area contributed by atoms with Crippen molar-refractivity contribution in [2.75, 3.05) is 6.61 Å². The van der Waals surface area contributed by atoms with E-state index in [0.29, 0.717) is 5.56 Å². The van der Waals surface area contributed by atoms with Gasteiger partial charge in [-0.15, -0.1) is 0 Å². The monoisotopic (exact) mass is 462 g/mol. The molecular formula is C21H22N2O10. The highest BCUT2D eigenvalue weighted by Crippen LogP contribution is 2.35. The zero-order valence-electron chi connectivity index (χ0n) is 17.3. The van der Waals surface area contributed by atoms with Crippen molar-refractivity contribution in [3.63, 3.8) is 0 Å². The number of Topliss-reactive ketones (excluding diaryl/α,β-unsaturated/α-hetero) is 1. The number of para-hydroxylation sites is 1. The number of rotatable bonds is 7. The molecule has 2 aromatic rings. The van der Waals surface area contributed by atoms with Crippen LogP contribution in [0, 0.1) is 10.1 Å². The number of hydrogen-bond donors (Lipinski definition) is 5. The number of ether oxygens (including phenoxy) is 2. The molecule has 0 aromatic heterocycles. The lowest BCUT2D eigenvalue weighted by Gasteiger charge is -2.41. The van der Waals surface area contributed by atoms with Crippen LogP contribution < -0.4 is 10.1 Å². The first kappa shape index (κ1) is 24.1. The van der Waals surface area contributed by atoms with Gasteiger partial charge in [-0.2, -0.15) is 0 Å². The molecule has 1 heterocycles. The van der Waals surface area contributed by atoms with Crippen molar-refractivity contribution in [1.82, 2.24) is 5.32 Å². The first-order valence-electron chi connectivity index (χ1n) is 9.80. The molecule has 2 unspecified atom stereocenters. The third kappa shape index (κ3) is 5.26. The summed E-state index contributed by atoms with van der Waals surface area (Å²) in [4.78, 5) is 33.8. The molecule has 0 spiro atoms. The van der Waals surface area contributed by atoms with Crippen LogP contribution in [0.25, 0.3) is 11.1 Å². The number of nitro groups is 1. The summed E-state index contributed by atoms with van der Waals surface area (Å²) in [5, 5.41) is 52.4. The predicted octanol–water partition coefficient (Wildman–Crippen LogP) is 0.918. The summed E-state index contributed by atoms with van der Waals surface area (Å²) >= 11 is 0. The van der Waals surface area contributed by atoms with E-state index in [2.05, 4.69) is 0 Å². The molecule has 176 valence electrons. The summed E-state index contributed by atoms with van der Waals surface area (Å²) in [5.74, 6) is -0.294. The fraction of sp³-hybridized carbons (Fsp3) is 0.333. The first-order chi connectivity index (χ1) is 15.6. The van der Waals surface area contributed by atoms with Crippen LogP contribution in [-0.4, -0.2) is 74.5 Å². The summed E-state index contributed by atoms with van der Waals surface area (Å²) in [6, 6.07) is 8.67. The van der Waals surface area contributed by atoms with Crippen LogP contribution in [-0.2, 0) is 4.74 Å². The molecule has 12 nitrogen and oxygen atoms in total. The molecule has 1 saturated heterocycles. The highest BCUT2D eigenvalue weighted by Gasteiger charge is 2.46. The quantitative estimate of drug-likeness (QED) is 0.225. The van der Waals surface area contributed by atoms with Crippen molar-refractivity contribution in [3.8, 4) is 16.9 Å². The standard InChI is InChI=1S/C21H22N2O10/c1-10(25)11-6-12(8-13(7-11)23(30)31)14-4-2-3-5-15(14)32-20-17(22-21(28)29)19(27)18(26)16(9-24)33-20/h2-8,16-20,22,24,26-27H,9H2,1H3,(H,28,29)/t16?,17?,18-,19+,20+/m0/s1. The van der Waals surface area contributed by atoms with Crippen LogP contribution >= 0.6 is 0 Å². The van der Waals surface area contributed by atoms with Crippen LogP contribution in [0.15, 0.2) is 42.5 Å². The van der Waals surface area contributed by atoms with Gasteiger partial charge in [0, 0.05) is 23.3 Å². The number of carbonyl (C=O) groups excluding carboxylic acids is 1.